The molecular formula is C55H108O13. The van der Waals surface area contributed by atoms with Crippen LogP contribution in [0.5, 0.6) is 0 Å². The molecule has 7 N–H and O–H groups in total. The fourth-order valence-electron chi connectivity index (χ4n) is 9.74. The predicted molar refractivity (Wildman–Crippen MR) is 270 cm³/mol. The second-order valence-corrected chi connectivity index (χ2v) is 23.0. The second kappa shape index (κ2) is 36.4. The molecule has 2 heterocycles. The first kappa shape index (κ1) is 63.6. The number of aliphatic hydroxyl groups is 7. The number of rotatable bonds is 40. The summed E-state index contributed by atoms with van der Waals surface area (Å²) in [6.45, 7) is 23.7. The van der Waals surface area contributed by atoms with Crippen molar-refractivity contribution in [2.45, 2.75) is 265 Å². The van der Waals surface area contributed by atoms with Gasteiger partial charge in [-0.25, -0.2) is 0 Å². The Labute approximate surface area is 415 Å². The van der Waals surface area contributed by atoms with Crippen LogP contribution in [0, 0.1) is 47.3 Å². The molecule has 2 saturated heterocycles. The highest BCUT2D eigenvalue weighted by molar-refractivity contribution is 4.92. The molecular weight excluding hydrogens is 869 g/mol. The molecule has 0 saturated carbocycles. The quantitative estimate of drug-likeness (QED) is 0.0288. The van der Waals surface area contributed by atoms with Gasteiger partial charge < -0.3 is 64.2 Å². The molecule has 16 unspecified atom stereocenters. The zero-order chi connectivity index (χ0) is 50.6. The summed E-state index contributed by atoms with van der Waals surface area (Å²) < 4.78 is 35.5. The van der Waals surface area contributed by atoms with Crippen molar-refractivity contribution in [2.75, 3.05) is 39.6 Å². The van der Waals surface area contributed by atoms with Gasteiger partial charge in [0.2, 0.25) is 0 Å². The third-order valence-corrected chi connectivity index (χ3v) is 14.9. The summed E-state index contributed by atoms with van der Waals surface area (Å²) in [6.07, 6.45) is 9.68. The molecule has 2 fully saturated rings. The first-order chi connectivity index (χ1) is 32.3. The van der Waals surface area contributed by atoms with Gasteiger partial charge in [-0.2, -0.15) is 0 Å². The number of hydrogen-bond acceptors (Lipinski definition) is 13. The highest BCUT2D eigenvalue weighted by atomic mass is 16.7. The summed E-state index contributed by atoms with van der Waals surface area (Å²) in [5, 5.41) is 72.7. The summed E-state index contributed by atoms with van der Waals surface area (Å²) in [6, 6.07) is 0. The lowest BCUT2D eigenvalue weighted by Gasteiger charge is -2.42. The molecule has 0 radical (unpaired) electrons. The van der Waals surface area contributed by atoms with E-state index in [2.05, 4.69) is 69.2 Å². The monoisotopic (exact) mass is 977 g/mol. The predicted octanol–water partition coefficient (Wildman–Crippen LogP) is 8.96. The Morgan fingerprint density at radius 2 is 0.735 bits per heavy atom. The number of hydrogen-bond donors (Lipinski definition) is 7. The van der Waals surface area contributed by atoms with Gasteiger partial charge in [-0.05, 0) is 60.2 Å². The van der Waals surface area contributed by atoms with Crippen molar-refractivity contribution in [2.24, 2.45) is 47.3 Å². The Kier molecular flexibility index (Phi) is 34.1. The fraction of sp³-hybridized carbons (Fsp3) is 1.00. The zero-order valence-electron chi connectivity index (χ0n) is 44.9. The summed E-state index contributed by atoms with van der Waals surface area (Å²) in [5.74, 6) is 5.74. The maximum atomic E-state index is 10.9. The van der Waals surface area contributed by atoms with Gasteiger partial charge >= 0.3 is 0 Å². The summed E-state index contributed by atoms with van der Waals surface area (Å²) in [5.41, 5.74) is 0. The Morgan fingerprint density at radius 3 is 1.15 bits per heavy atom. The van der Waals surface area contributed by atoms with E-state index in [-0.39, 0.29) is 13.2 Å². The third kappa shape index (κ3) is 27.0. The molecule has 2 rings (SSSR count). The van der Waals surface area contributed by atoms with E-state index in [1.807, 2.05) is 0 Å². The highest BCUT2D eigenvalue weighted by Gasteiger charge is 2.47. The highest BCUT2D eigenvalue weighted by Crippen LogP contribution is 2.28. The molecule has 13 nitrogen and oxygen atoms in total. The Bertz CT molecular complexity index is 1190. The van der Waals surface area contributed by atoms with E-state index in [0.29, 0.717) is 25.0 Å². The van der Waals surface area contributed by atoms with Gasteiger partial charge in [0.05, 0.1) is 26.4 Å². The van der Waals surface area contributed by atoms with E-state index < -0.39 is 80.7 Å². The van der Waals surface area contributed by atoms with E-state index >= 15 is 0 Å². The van der Waals surface area contributed by atoms with Crippen molar-refractivity contribution in [3.8, 4) is 0 Å². The smallest absolute Gasteiger partial charge is 0.186 e. The SMILES string of the molecule is CC(C)CCCC(C)CCCC(C)CCCC(C)CCOC[C@H](COC1OC(COC2OC(CO)C(O)C(O)C2O)C(O)C(O)C1O)OCCC(C)CCCC(C)CCCC(C)CCCC(C)C. The third-order valence-electron chi connectivity index (χ3n) is 14.9. The largest absolute Gasteiger partial charge is 0.394 e. The van der Waals surface area contributed by atoms with Crippen molar-refractivity contribution in [1.29, 1.82) is 0 Å². The molecule has 68 heavy (non-hydrogen) atoms. The average Bonchev–Trinajstić information content (AvgIpc) is 3.28. The van der Waals surface area contributed by atoms with Crippen LogP contribution in [0.25, 0.3) is 0 Å². The minimum absolute atomic E-state index is 0.00274. The molecule has 0 aromatic rings. The van der Waals surface area contributed by atoms with E-state index in [1.54, 1.807) is 0 Å². The van der Waals surface area contributed by atoms with Gasteiger partial charge in [0, 0.05) is 13.2 Å². The standard InChI is InChI=1S/C55H108O13/c1-37(2)17-11-19-39(5)21-13-23-41(7)25-15-27-43(9)29-31-63-34-45(64-32-30-44(10)28-16-26-42(8)24-14-22-40(6)20-12-18-38(3)4)35-65-54-53(62)51(60)49(58)47(68-54)36-66-55-52(61)50(59)48(57)46(33-56)67-55/h37-62H,11-36H2,1-10H3/t39?,40?,41?,42?,43?,44?,45-,46?,47?,48?,49?,50?,51?,52?,53?,54?,55?/m1/s1. The van der Waals surface area contributed by atoms with E-state index in [0.717, 1.165) is 54.8 Å². The fourth-order valence-corrected chi connectivity index (χ4v) is 9.74. The van der Waals surface area contributed by atoms with Crippen LogP contribution >= 0.6 is 0 Å². The van der Waals surface area contributed by atoms with Crippen molar-refractivity contribution < 1.29 is 64.2 Å². The molecule has 0 aromatic carbocycles. The number of ether oxygens (including phenoxy) is 6. The summed E-state index contributed by atoms with van der Waals surface area (Å²) in [7, 11) is 0. The van der Waals surface area contributed by atoms with Gasteiger partial charge in [0.1, 0.15) is 54.9 Å². The minimum atomic E-state index is -1.65. The van der Waals surface area contributed by atoms with Crippen LogP contribution in [0.4, 0.5) is 0 Å². The van der Waals surface area contributed by atoms with Gasteiger partial charge in [-0.15, -0.1) is 0 Å². The minimum Gasteiger partial charge on any atom is -0.394 e. The van der Waals surface area contributed by atoms with E-state index in [1.165, 1.54) is 109 Å². The molecule has 13 heteroatoms. The lowest BCUT2D eigenvalue weighted by atomic mass is 9.91. The van der Waals surface area contributed by atoms with Crippen LogP contribution in [0.1, 0.15) is 198 Å². The van der Waals surface area contributed by atoms with Gasteiger partial charge in [0.15, 0.2) is 12.6 Å². The lowest BCUT2D eigenvalue weighted by Crippen LogP contribution is -2.61. The topological polar surface area (TPSA) is 197 Å². The van der Waals surface area contributed by atoms with Crippen LogP contribution in [-0.4, -0.2) is 143 Å². The van der Waals surface area contributed by atoms with Crippen molar-refractivity contribution in [3.63, 3.8) is 0 Å². The molecule has 17 atom stereocenters. The molecule has 406 valence electrons. The van der Waals surface area contributed by atoms with E-state index in [9.17, 15) is 35.7 Å². The Hall–Kier alpha value is -0.520. The van der Waals surface area contributed by atoms with Crippen LogP contribution in [-0.2, 0) is 28.4 Å². The van der Waals surface area contributed by atoms with Crippen LogP contribution < -0.4 is 0 Å². The van der Waals surface area contributed by atoms with Crippen LogP contribution in [0.15, 0.2) is 0 Å². The Balaban J connectivity index is 1.86. The van der Waals surface area contributed by atoms with Crippen molar-refractivity contribution in [1.82, 2.24) is 0 Å². The van der Waals surface area contributed by atoms with Crippen LogP contribution in [0.3, 0.4) is 0 Å². The summed E-state index contributed by atoms with van der Waals surface area (Å²) >= 11 is 0. The van der Waals surface area contributed by atoms with Crippen LogP contribution in [0.2, 0.25) is 0 Å². The average molecular weight is 977 g/mol. The van der Waals surface area contributed by atoms with Crippen molar-refractivity contribution in [3.05, 3.63) is 0 Å². The second-order valence-electron chi connectivity index (χ2n) is 23.0. The molecule has 0 spiro atoms. The molecule has 0 aliphatic carbocycles. The molecule has 0 aromatic heterocycles. The lowest BCUT2D eigenvalue weighted by molar-refractivity contribution is -0.333. The normalized spacial score (nSPS) is 29.0. The molecule has 0 bridgehead atoms. The Morgan fingerprint density at radius 1 is 0.382 bits per heavy atom. The van der Waals surface area contributed by atoms with Gasteiger partial charge in [-0.1, -0.05) is 185 Å². The molecule has 0 amide bonds. The molecule has 2 aliphatic heterocycles. The number of aliphatic hydroxyl groups excluding tert-OH is 7. The van der Waals surface area contributed by atoms with Gasteiger partial charge in [0.25, 0.3) is 0 Å². The summed E-state index contributed by atoms with van der Waals surface area (Å²) in [4.78, 5) is 0. The van der Waals surface area contributed by atoms with E-state index in [4.69, 9.17) is 28.4 Å². The maximum absolute atomic E-state index is 10.9. The zero-order valence-corrected chi connectivity index (χ0v) is 44.9. The first-order valence-corrected chi connectivity index (χ1v) is 27.7. The first-order valence-electron chi connectivity index (χ1n) is 27.7. The van der Waals surface area contributed by atoms with Gasteiger partial charge in [-0.3, -0.25) is 0 Å². The molecule has 2 aliphatic rings. The maximum Gasteiger partial charge on any atom is 0.186 e. The van der Waals surface area contributed by atoms with Crippen molar-refractivity contribution >= 4 is 0 Å².